The highest BCUT2D eigenvalue weighted by atomic mass is 19.1. The molecule has 22 heavy (non-hydrogen) atoms. The number of rotatable bonds is 8. The first-order chi connectivity index (χ1) is 9.75. The molecule has 0 atom stereocenters. The lowest BCUT2D eigenvalue weighted by Crippen LogP contribution is -2.50. The Bertz CT molecular complexity index is 343. The molecule has 0 aromatic rings. The van der Waals surface area contributed by atoms with Crippen molar-refractivity contribution in [2.75, 3.05) is 19.8 Å². The first kappa shape index (κ1) is 21.3. The van der Waals surface area contributed by atoms with Crippen LogP contribution in [0.4, 0.5) is 9.18 Å². The van der Waals surface area contributed by atoms with Gasteiger partial charge in [0.05, 0.1) is 0 Å². The molecule has 0 spiro atoms. The molecule has 2 N–H and O–H groups in total. The maximum Gasteiger partial charge on any atom is 0.400 e. The van der Waals surface area contributed by atoms with Gasteiger partial charge < -0.3 is 10.2 Å². The Morgan fingerprint density at radius 2 is 1.55 bits per heavy atom. The number of carbonyl (C=O) groups excluding carboxylic acids is 1. The molecule has 0 aliphatic heterocycles. The van der Waals surface area contributed by atoms with Gasteiger partial charge in [-0.1, -0.05) is 20.8 Å². The molecule has 0 saturated heterocycles. The fraction of sp³-hybridized carbons (Fsp3) is 0.941. The molecular formula is C17H36FN3O. The van der Waals surface area contributed by atoms with E-state index in [-0.39, 0.29) is 5.54 Å². The monoisotopic (exact) mass is 317 g/mol. The maximum atomic E-state index is 13.2. The van der Waals surface area contributed by atoms with Gasteiger partial charge in [-0.25, -0.2) is 4.79 Å². The predicted octanol–water partition coefficient (Wildman–Crippen LogP) is 3.92. The van der Waals surface area contributed by atoms with Crippen LogP contribution >= 0.6 is 0 Å². The zero-order chi connectivity index (χ0) is 17.6. The minimum absolute atomic E-state index is 0.159. The van der Waals surface area contributed by atoms with Crippen LogP contribution in [-0.2, 0) is 0 Å². The van der Waals surface area contributed by atoms with E-state index in [2.05, 4.69) is 45.3 Å². The summed E-state index contributed by atoms with van der Waals surface area (Å²) in [5.41, 5.74) is -0.322. The van der Waals surface area contributed by atoms with Gasteiger partial charge >= 0.3 is 6.16 Å². The minimum atomic E-state index is -1.35. The second kappa shape index (κ2) is 8.25. The highest BCUT2D eigenvalue weighted by molar-refractivity contribution is 5.67. The van der Waals surface area contributed by atoms with E-state index in [1.165, 1.54) is 4.90 Å². The van der Waals surface area contributed by atoms with Gasteiger partial charge in [-0.05, 0) is 59.4 Å². The molecule has 0 fully saturated rings. The summed E-state index contributed by atoms with van der Waals surface area (Å²) < 4.78 is 13.2. The molecule has 0 heterocycles. The van der Waals surface area contributed by atoms with Gasteiger partial charge in [0, 0.05) is 24.3 Å². The third kappa shape index (κ3) is 10.1. The highest BCUT2D eigenvalue weighted by Gasteiger charge is 2.28. The average molecular weight is 317 g/mol. The normalized spacial score (nSPS) is 13.3. The Morgan fingerprint density at radius 1 is 1.00 bits per heavy atom. The van der Waals surface area contributed by atoms with E-state index in [1.54, 1.807) is 0 Å². The van der Waals surface area contributed by atoms with Crippen molar-refractivity contribution in [3.8, 4) is 0 Å². The lowest BCUT2D eigenvalue weighted by molar-refractivity contribution is 0.116. The molecule has 132 valence electrons. The lowest BCUT2D eigenvalue weighted by atomic mass is 9.92. The third-order valence-corrected chi connectivity index (χ3v) is 3.73. The SMILES string of the molecule is CC(C)(C)CCNCNC(C)(C)CCN(C(=O)F)C(C)(C)C. The Morgan fingerprint density at radius 3 is 1.95 bits per heavy atom. The first-order valence-corrected chi connectivity index (χ1v) is 8.17. The highest BCUT2D eigenvalue weighted by Crippen LogP contribution is 2.19. The number of hydrogen-bond acceptors (Lipinski definition) is 3. The van der Waals surface area contributed by atoms with Crippen molar-refractivity contribution in [3.63, 3.8) is 0 Å². The summed E-state index contributed by atoms with van der Waals surface area (Å²) in [7, 11) is 0. The molecular weight excluding hydrogens is 281 g/mol. The molecule has 0 aromatic carbocycles. The van der Waals surface area contributed by atoms with E-state index >= 15 is 0 Å². The Kier molecular flexibility index (Phi) is 8.00. The fourth-order valence-electron chi connectivity index (χ4n) is 2.02. The van der Waals surface area contributed by atoms with Gasteiger partial charge in [-0.3, -0.25) is 5.32 Å². The van der Waals surface area contributed by atoms with E-state index in [9.17, 15) is 9.18 Å². The van der Waals surface area contributed by atoms with Crippen molar-refractivity contribution in [1.29, 1.82) is 0 Å². The smallest absolute Gasteiger partial charge is 0.310 e. The fourth-order valence-corrected chi connectivity index (χ4v) is 2.02. The van der Waals surface area contributed by atoms with E-state index in [0.29, 0.717) is 25.0 Å². The van der Waals surface area contributed by atoms with Crippen molar-refractivity contribution in [1.82, 2.24) is 15.5 Å². The molecule has 0 radical (unpaired) electrons. The largest absolute Gasteiger partial charge is 0.400 e. The number of amides is 1. The summed E-state index contributed by atoms with van der Waals surface area (Å²) in [4.78, 5) is 12.4. The van der Waals surface area contributed by atoms with Crippen LogP contribution in [0.15, 0.2) is 0 Å². The van der Waals surface area contributed by atoms with Crippen molar-refractivity contribution >= 4 is 6.16 Å². The topological polar surface area (TPSA) is 44.4 Å². The molecule has 0 rings (SSSR count). The molecule has 5 heteroatoms. The third-order valence-electron chi connectivity index (χ3n) is 3.73. The predicted molar refractivity (Wildman–Crippen MR) is 91.7 cm³/mol. The molecule has 0 unspecified atom stereocenters. The van der Waals surface area contributed by atoms with Crippen LogP contribution in [-0.4, -0.2) is 41.9 Å². The quantitative estimate of drug-likeness (QED) is 0.309. The van der Waals surface area contributed by atoms with Crippen LogP contribution < -0.4 is 10.6 Å². The standard InChI is InChI=1S/C17H36FN3O/c1-15(2,3)9-11-19-13-20-17(7,8)10-12-21(14(18)22)16(4,5)6/h19-20H,9-13H2,1-8H3. The summed E-state index contributed by atoms with van der Waals surface area (Å²) in [5.74, 6) is 0. The lowest BCUT2D eigenvalue weighted by Gasteiger charge is -2.36. The molecule has 1 amide bonds. The van der Waals surface area contributed by atoms with Crippen LogP contribution in [0.3, 0.4) is 0 Å². The van der Waals surface area contributed by atoms with E-state index < -0.39 is 11.7 Å². The summed E-state index contributed by atoms with van der Waals surface area (Å²) >= 11 is 0. The average Bonchev–Trinajstić information content (AvgIpc) is 2.24. The Labute approximate surface area is 136 Å². The van der Waals surface area contributed by atoms with E-state index in [0.717, 1.165) is 13.0 Å². The summed E-state index contributed by atoms with van der Waals surface area (Å²) in [5, 5.41) is 6.79. The van der Waals surface area contributed by atoms with Gasteiger partial charge in [0.15, 0.2) is 0 Å². The molecule has 0 saturated carbocycles. The molecule has 0 aliphatic carbocycles. The summed E-state index contributed by atoms with van der Waals surface area (Å²) in [6.07, 6.45) is 0.455. The van der Waals surface area contributed by atoms with E-state index in [4.69, 9.17) is 0 Å². The van der Waals surface area contributed by atoms with Crippen molar-refractivity contribution < 1.29 is 9.18 Å². The zero-order valence-electron chi connectivity index (χ0n) is 15.8. The number of carbonyl (C=O) groups is 1. The number of nitrogens with zero attached hydrogens (tertiary/aromatic N) is 1. The van der Waals surface area contributed by atoms with Crippen molar-refractivity contribution in [2.24, 2.45) is 5.41 Å². The van der Waals surface area contributed by atoms with Gasteiger partial charge in [0.1, 0.15) is 0 Å². The van der Waals surface area contributed by atoms with Crippen molar-refractivity contribution in [3.05, 3.63) is 0 Å². The van der Waals surface area contributed by atoms with Gasteiger partial charge in [-0.15, -0.1) is 4.39 Å². The van der Waals surface area contributed by atoms with Crippen LogP contribution in [0, 0.1) is 5.41 Å². The molecule has 0 aliphatic rings. The molecule has 0 aromatic heterocycles. The maximum absolute atomic E-state index is 13.2. The second-order valence-corrected chi connectivity index (χ2v) is 8.87. The van der Waals surface area contributed by atoms with Gasteiger partial charge in [0.25, 0.3) is 0 Å². The number of halogens is 1. The van der Waals surface area contributed by atoms with Crippen molar-refractivity contribution in [2.45, 2.75) is 79.3 Å². The Hall–Kier alpha value is -0.680. The van der Waals surface area contributed by atoms with Crippen LogP contribution in [0.2, 0.25) is 0 Å². The second-order valence-electron chi connectivity index (χ2n) is 8.87. The number of hydrogen-bond donors (Lipinski definition) is 2. The molecule has 0 bridgehead atoms. The van der Waals surface area contributed by atoms with Gasteiger partial charge in [-0.2, -0.15) is 0 Å². The van der Waals surface area contributed by atoms with Gasteiger partial charge in [0.2, 0.25) is 0 Å². The number of nitrogens with one attached hydrogen (secondary N) is 2. The Balaban J connectivity index is 4.16. The van der Waals surface area contributed by atoms with E-state index in [1.807, 2.05) is 20.8 Å². The van der Waals surface area contributed by atoms with Crippen LogP contribution in [0.25, 0.3) is 0 Å². The first-order valence-electron chi connectivity index (χ1n) is 8.17. The summed E-state index contributed by atoms with van der Waals surface area (Å²) in [6, 6.07) is 0. The van der Waals surface area contributed by atoms with Crippen LogP contribution in [0.5, 0.6) is 0 Å². The summed E-state index contributed by atoms with van der Waals surface area (Å²) in [6.45, 7) is 18.4. The molecule has 4 nitrogen and oxygen atoms in total. The minimum Gasteiger partial charge on any atom is -0.310 e. The van der Waals surface area contributed by atoms with Crippen LogP contribution in [0.1, 0.15) is 68.2 Å². The zero-order valence-corrected chi connectivity index (χ0v) is 15.8.